The van der Waals surface area contributed by atoms with Crippen molar-refractivity contribution in [3.8, 4) is 22.3 Å². The third kappa shape index (κ3) is 4.64. The zero-order valence-corrected chi connectivity index (χ0v) is 23.7. The van der Waals surface area contributed by atoms with E-state index in [1.54, 1.807) is 0 Å². The van der Waals surface area contributed by atoms with Crippen LogP contribution in [0, 0.1) is 5.92 Å². The van der Waals surface area contributed by atoms with Crippen LogP contribution in [-0.4, -0.2) is 0 Å². The maximum absolute atomic E-state index is 4.05. The maximum atomic E-state index is 4.05. The molecule has 43 heavy (non-hydrogen) atoms. The van der Waals surface area contributed by atoms with Crippen LogP contribution in [0.5, 0.6) is 0 Å². The number of benzene rings is 6. The Hall–Kier alpha value is -4.94. The fraction of sp³-hybridized carbons (Fsp3) is 0.116. The van der Waals surface area contributed by atoms with Crippen molar-refractivity contribution in [2.75, 3.05) is 0 Å². The highest BCUT2D eigenvalue weighted by atomic mass is 14.2. The van der Waals surface area contributed by atoms with Gasteiger partial charge in [0.15, 0.2) is 0 Å². The van der Waals surface area contributed by atoms with Crippen LogP contribution in [0.1, 0.15) is 32.3 Å². The molecule has 2 aliphatic carbocycles. The third-order valence-electron chi connectivity index (χ3n) is 9.25. The van der Waals surface area contributed by atoms with Crippen LogP contribution in [-0.2, 0) is 0 Å². The molecule has 0 bridgehead atoms. The fourth-order valence-corrected chi connectivity index (χ4v) is 7.05. The molecular formula is C43H36. The largest absolute Gasteiger partial charge is 0.0988 e. The number of hydrogen-bond acceptors (Lipinski definition) is 0. The van der Waals surface area contributed by atoms with Crippen molar-refractivity contribution in [2.24, 2.45) is 5.92 Å². The van der Waals surface area contributed by atoms with E-state index in [1.807, 2.05) is 6.08 Å². The van der Waals surface area contributed by atoms with E-state index in [0.717, 1.165) is 19.3 Å². The van der Waals surface area contributed by atoms with E-state index in [2.05, 4.69) is 140 Å². The molecule has 208 valence electrons. The minimum Gasteiger partial charge on any atom is -0.0988 e. The first kappa shape index (κ1) is 26.9. The molecule has 0 saturated heterocycles. The molecule has 0 saturated carbocycles. The van der Waals surface area contributed by atoms with E-state index in [1.165, 1.54) is 76.9 Å². The van der Waals surface area contributed by atoms with Crippen molar-refractivity contribution >= 4 is 37.9 Å². The van der Waals surface area contributed by atoms with Gasteiger partial charge in [0.05, 0.1) is 0 Å². The van der Waals surface area contributed by atoms with Crippen LogP contribution in [0.2, 0.25) is 0 Å². The van der Waals surface area contributed by atoms with Crippen LogP contribution in [0.25, 0.3) is 60.1 Å². The lowest BCUT2D eigenvalue weighted by molar-refractivity contribution is 0.762. The van der Waals surface area contributed by atoms with Gasteiger partial charge in [0, 0.05) is 5.92 Å². The Morgan fingerprint density at radius 1 is 0.651 bits per heavy atom. The Morgan fingerprint density at radius 3 is 2.12 bits per heavy atom. The normalized spacial score (nSPS) is 16.6. The summed E-state index contributed by atoms with van der Waals surface area (Å²) in [4.78, 5) is 0. The van der Waals surface area contributed by atoms with Gasteiger partial charge in [-0.2, -0.15) is 0 Å². The summed E-state index contributed by atoms with van der Waals surface area (Å²) in [5, 5.41) is 7.97. The summed E-state index contributed by atoms with van der Waals surface area (Å²) in [7, 11) is 0. The van der Waals surface area contributed by atoms with Gasteiger partial charge in [0.25, 0.3) is 0 Å². The fourth-order valence-electron chi connectivity index (χ4n) is 7.05. The van der Waals surface area contributed by atoms with Crippen molar-refractivity contribution in [3.63, 3.8) is 0 Å². The number of allylic oxidation sites excluding steroid dienone is 9. The molecule has 0 heterocycles. The molecule has 0 aliphatic heterocycles. The minimum atomic E-state index is 0. The molecule has 8 rings (SSSR count). The Bertz CT molecular complexity index is 2090. The molecule has 1 unspecified atom stereocenters. The lowest BCUT2D eigenvalue weighted by Gasteiger charge is -2.22. The Labute approximate surface area is 255 Å². The van der Waals surface area contributed by atoms with Crippen LogP contribution in [0.3, 0.4) is 0 Å². The van der Waals surface area contributed by atoms with E-state index in [4.69, 9.17) is 0 Å². The SMILES string of the molecule is C.C=CC1=C(C2C=CC(c3cccc(-c4ccc(-c5ccc6ccc7cccc8ccc5c6c78)cc4)c3)=CC2)C=CCC1. The second-order valence-corrected chi connectivity index (χ2v) is 11.6. The molecule has 0 radical (unpaired) electrons. The van der Waals surface area contributed by atoms with Gasteiger partial charge in [0.2, 0.25) is 0 Å². The summed E-state index contributed by atoms with van der Waals surface area (Å²) in [6.45, 7) is 4.05. The van der Waals surface area contributed by atoms with E-state index in [9.17, 15) is 0 Å². The smallest absolute Gasteiger partial charge is 0.00587 e. The summed E-state index contributed by atoms with van der Waals surface area (Å²) in [5.74, 6) is 0.439. The standard InChI is InChI=1S/C42H32.CH4/c1-2-28-7-3-4-12-38(28)31-17-13-29(14-18-31)36-10-6-11-37(27-36)30-15-19-32(20-16-30)39-25-23-35-22-21-33-8-5-9-34-24-26-40(39)42(35)41(33)34;/h2,4-6,8-17,19-27,31H,1,3,7,18H2;1H4. The van der Waals surface area contributed by atoms with Crippen molar-refractivity contribution in [1.29, 1.82) is 0 Å². The molecule has 1 atom stereocenters. The van der Waals surface area contributed by atoms with Gasteiger partial charge in [-0.3, -0.25) is 0 Å². The lowest BCUT2D eigenvalue weighted by Crippen LogP contribution is -2.06. The van der Waals surface area contributed by atoms with Gasteiger partial charge in [-0.1, -0.05) is 148 Å². The minimum absolute atomic E-state index is 0. The second kappa shape index (κ2) is 11.0. The van der Waals surface area contributed by atoms with Gasteiger partial charge in [-0.05, 0) is 102 Å². The summed E-state index contributed by atoms with van der Waals surface area (Å²) in [6.07, 6.45) is 17.0. The number of rotatable bonds is 5. The quantitative estimate of drug-likeness (QED) is 0.187. The van der Waals surface area contributed by atoms with E-state index >= 15 is 0 Å². The molecule has 2 aliphatic rings. The van der Waals surface area contributed by atoms with Crippen molar-refractivity contribution in [1.82, 2.24) is 0 Å². The first-order valence-electron chi connectivity index (χ1n) is 15.0. The van der Waals surface area contributed by atoms with Crippen LogP contribution < -0.4 is 0 Å². The van der Waals surface area contributed by atoms with Crippen molar-refractivity contribution < 1.29 is 0 Å². The molecule has 0 aromatic heterocycles. The van der Waals surface area contributed by atoms with E-state index < -0.39 is 0 Å². The molecule has 6 aromatic rings. The highest BCUT2D eigenvalue weighted by Gasteiger charge is 2.17. The Balaban J connectivity index is 0.00000300. The molecule has 0 fully saturated rings. The highest BCUT2D eigenvalue weighted by Crippen LogP contribution is 2.40. The molecule has 0 N–H and O–H groups in total. The molecule has 6 aromatic carbocycles. The Morgan fingerprint density at radius 2 is 1.35 bits per heavy atom. The topological polar surface area (TPSA) is 0 Å². The first-order chi connectivity index (χ1) is 20.8. The van der Waals surface area contributed by atoms with Crippen LogP contribution in [0.15, 0.2) is 157 Å². The van der Waals surface area contributed by atoms with Crippen LogP contribution >= 0.6 is 0 Å². The van der Waals surface area contributed by atoms with Gasteiger partial charge in [-0.15, -0.1) is 0 Å². The lowest BCUT2D eigenvalue weighted by atomic mass is 9.82. The monoisotopic (exact) mass is 552 g/mol. The number of hydrogen-bond donors (Lipinski definition) is 0. The van der Waals surface area contributed by atoms with Gasteiger partial charge in [-0.25, -0.2) is 0 Å². The highest BCUT2D eigenvalue weighted by molar-refractivity contribution is 6.25. The summed E-state index contributed by atoms with van der Waals surface area (Å²) in [6, 6.07) is 38.3. The predicted octanol–water partition coefficient (Wildman–Crippen LogP) is 12.3. The zero-order valence-electron chi connectivity index (χ0n) is 23.7. The summed E-state index contributed by atoms with van der Waals surface area (Å²) < 4.78 is 0. The van der Waals surface area contributed by atoms with Crippen molar-refractivity contribution in [2.45, 2.75) is 26.7 Å². The molecule has 0 amide bonds. The first-order valence-corrected chi connectivity index (χ1v) is 15.0. The third-order valence-corrected chi connectivity index (χ3v) is 9.25. The average molecular weight is 553 g/mol. The molecule has 0 spiro atoms. The second-order valence-electron chi connectivity index (χ2n) is 11.6. The van der Waals surface area contributed by atoms with Gasteiger partial charge in [0.1, 0.15) is 0 Å². The van der Waals surface area contributed by atoms with Gasteiger partial charge < -0.3 is 0 Å². The summed E-state index contributed by atoms with van der Waals surface area (Å²) in [5.41, 5.74) is 10.4. The van der Waals surface area contributed by atoms with E-state index in [-0.39, 0.29) is 7.43 Å². The molecule has 0 heteroatoms. The van der Waals surface area contributed by atoms with Gasteiger partial charge >= 0.3 is 0 Å². The predicted molar refractivity (Wildman–Crippen MR) is 189 cm³/mol. The summed E-state index contributed by atoms with van der Waals surface area (Å²) >= 11 is 0. The van der Waals surface area contributed by atoms with Crippen molar-refractivity contribution in [3.05, 3.63) is 163 Å². The zero-order chi connectivity index (χ0) is 28.0. The van der Waals surface area contributed by atoms with E-state index in [0.29, 0.717) is 5.92 Å². The molecular weight excluding hydrogens is 516 g/mol. The molecule has 0 nitrogen and oxygen atoms in total. The Kier molecular flexibility index (Phi) is 6.92. The maximum Gasteiger partial charge on any atom is 0.00587 e. The average Bonchev–Trinajstić information content (AvgIpc) is 3.07. The van der Waals surface area contributed by atoms with Crippen LogP contribution in [0.4, 0.5) is 0 Å².